The van der Waals surface area contributed by atoms with Crippen molar-refractivity contribution in [2.75, 3.05) is 0 Å². The highest BCUT2D eigenvalue weighted by Gasteiger charge is 2.10. The van der Waals surface area contributed by atoms with E-state index in [2.05, 4.69) is 4.57 Å². The van der Waals surface area contributed by atoms with Gasteiger partial charge in [0.25, 0.3) is 0 Å². The Labute approximate surface area is 89.2 Å². The normalized spacial score (nSPS) is 12.3. The van der Waals surface area contributed by atoms with E-state index in [1.54, 1.807) is 0 Å². The third-order valence-electron chi connectivity index (χ3n) is 2.49. The highest BCUT2D eigenvalue weighted by Crippen LogP contribution is 2.20. The number of carbonyl (C=O) groups is 1. The summed E-state index contributed by atoms with van der Waals surface area (Å²) in [5.74, 6) is 0. The van der Waals surface area contributed by atoms with Crippen LogP contribution in [0.3, 0.4) is 0 Å². The zero-order chi connectivity index (χ0) is 10.5. The number of hydrogen-bond donors (Lipinski definition) is 0. The highest BCUT2D eigenvalue weighted by atomic mass is 16.1. The second-order valence-corrected chi connectivity index (χ2v) is 3.46. The zero-order valence-electron chi connectivity index (χ0n) is 8.41. The minimum Gasteiger partial charge on any atom is -0.346 e. The van der Waals surface area contributed by atoms with Crippen molar-refractivity contribution in [1.82, 2.24) is 4.57 Å². The summed E-state index contributed by atoms with van der Waals surface area (Å²) >= 11 is 0. The Bertz CT molecular complexity index is 405. The van der Waals surface area contributed by atoms with Crippen LogP contribution in [0.5, 0.6) is 0 Å². The van der Waals surface area contributed by atoms with Gasteiger partial charge in [-0.3, -0.25) is 0 Å². The molecule has 2 heteroatoms. The molecule has 1 atom stereocenters. The Hall–Kier alpha value is -1.83. The average molecular weight is 199 g/mol. The molecule has 0 saturated heterocycles. The Balaban J connectivity index is 2.32. The molecular weight excluding hydrogens is 186 g/mol. The summed E-state index contributed by atoms with van der Waals surface area (Å²) in [6, 6.07) is 14.1. The first-order valence-electron chi connectivity index (χ1n) is 5.03. The third kappa shape index (κ3) is 2.15. The molecule has 1 aromatic heterocycles. The molecule has 1 heterocycles. The summed E-state index contributed by atoms with van der Waals surface area (Å²) in [6.07, 6.45) is 5.46. The van der Waals surface area contributed by atoms with Crippen LogP contribution >= 0.6 is 0 Å². The van der Waals surface area contributed by atoms with Crippen molar-refractivity contribution < 1.29 is 4.79 Å². The maximum atomic E-state index is 10.7. The topological polar surface area (TPSA) is 22.0 Å². The minimum absolute atomic E-state index is 0.124. The monoisotopic (exact) mass is 199 g/mol. The van der Waals surface area contributed by atoms with Crippen LogP contribution < -0.4 is 0 Å². The van der Waals surface area contributed by atoms with Crippen molar-refractivity contribution in [3.8, 4) is 0 Å². The van der Waals surface area contributed by atoms with Crippen molar-refractivity contribution in [3.05, 3.63) is 60.4 Å². The lowest BCUT2D eigenvalue weighted by Gasteiger charge is -2.16. The molecule has 0 N–H and O–H groups in total. The lowest BCUT2D eigenvalue weighted by molar-refractivity contribution is -0.108. The molecular formula is C13H13NO. The highest BCUT2D eigenvalue weighted by molar-refractivity contribution is 5.51. The smallest absolute Gasteiger partial charge is 0.122 e. The van der Waals surface area contributed by atoms with Gasteiger partial charge in [0.05, 0.1) is 6.04 Å². The van der Waals surface area contributed by atoms with Gasteiger partial charge in [-0.2, -0.15) is 0 Å². The third-order valence-corrected chi connectivity index (χ3v) is 2.49. The van der Waals surface area contributed by atoms with Gasteiger partial charge < -0.3 is 9.36 Å². The fraction of sp³-hybridized carbons (Fsp3) is 0.154. The fourth-order valence-corrected chi connectivity index (χ4v) is 1.75. The maximum absolute atomic E-state index is 10.7. The van der Waals surface area contributed by atoms with Crippen molar-refractivity contribution >= 4 is 6.29 Å². The summed E-state index contributed by atoms with van der Waals surface area (Å²) in [5.41, 5.74) is 1.17. The van der Waals surface area contributed by atoms with E-state index in [1.807, 2.05) is 54.9 Å². The second kappa shape index (κ2) is 4.60. The molecule has 0 fully saturated rings. The summed E-state index contributed by atoms with van der Waals surface area (Å²) < 4.78 is 2.06. The summed E-state index contributed by atoms with van der Waals surface area (Å²) in [4.78, 5) is 10.7. The molecule has 15 heavy (non-hydrogen) atoms. The lowest BCUT2D eigenvalue weighted by atomic mass is 10.0. The van der Waals surface area contributed by atoms with E-state index in [4.69, 9.17) is 0 Å². The predicted molar refractivity (Wildman–Crippen MR) is 59.7 cm³/mol. The molecule has 2 rings (SSSR count). The van der Waals surface area contributed by atoms with Gasteiger partial charge in [-0.15, -0.1) is 0 Å². The van der Waals surface area contributed by atoms with Gasteiger partial charge in [0, 0.05) is 18.8 Å². The number of hydrogen-bond acceptors (Lipinski definition) is 1. The van der Waals surface area contributed by atoms with Crippen LogP contribution in [-0.4, -0.2) is 10.9 Å². The minimum atomic E-state index is 0.124. The van der Waals surface area contributed by atoms with E-state index >= 15 is 0 Å². The van der Waals surface area contributed by atoms with Crippen molar-refractivity contribution in [2.45, 2.75) is 12.5 Å². The molecule has 1 aromatic carbocycles. The van der Waals surface area contributed by atoms with Crippen LogP contribution in [0.1, 0.15) is 18.0 Å². The molecule has 2 nitrogen and oxygen atoms in total. The van der Waals surface area contributed by atoms with Crippen LogP contribution in [0, 0.1) is 0 Å². The van der Waals surface area contributed by atoms with Crippen molar-refractivity contribution in [1.29, 1.82) is 0 Å². The first-order valence-corrected chi connectivity index (χ1v) is 5.03. The van der Waals surface area contributed by atoms with Gasteiger partial charge in [0.1, 0.15) is 6.29 Å². The van der Waals surface area contributed by atoms with E-state index < -0.39 is 0 Å². The Kier molecular flexibility index (Phi) is 2.98. The molecule has 0 bridgehead atoms. The Morgan fingerprint density at radius 2 is 1.73 bits per heavy atom. The molecule has 76 valence electrons. The largest absolute Gasteiger partial charge is 0.346 e. The summed E-state index contributed by atoms with van der Waals surface area (Å²) in [7, 11) is 0. The SMILES string of the molecule is O=CC[C@H](c1ccccc1)n1cccc1. The molecule has 0 aliphatic rings. The van der Waals surface area contributed by atoms with Gasteiger partial charge in [-0.25, -0.2) is 0 Å². The van der Waals surface area contributed by atoms with Gasteiger partial charge in [0.15, 0.2) is 0 Å². The number of aldehydes is 1. The zero-order valence-corrected chi connectivity index (χ0v) is 8.41. The average Bonchev–Trinajstić information content (AvgIpc) is 2.80. The van der Waals surface area contributed by atoms with E-state index in [0.717, 1.165) is 6.29 Å². The molecule has 0 aliphatic heterocycles. The van der Waals surface area contributed by atoms with Gasteiger partial charge in [-0.05, 0) is 17.7 Å². The van der Waals surface area contributed by atoms with Gasteiger partial charge in [-0.1, -0.05) is 30.3 Å². The van der Waals surface area contributed by atoms with E-state index in [0.29, 0.717) is 6.42 Å². The summed E-state index contributed by atoms with van der Waals surface area (Å²) in [6.45, 7) is 0. The number of benzene rings is 1. The molecule has 0 spiro atoms. The molecule has 2 aromatic rings. The van der Waals surface area contributed by atoms with Crippen LogP contribution in [-0.2, 0) is 4.79 Å². The maximum Gasteiger partial charge on any atom is 0.122 e. The molecule has 0 amide bonds. The first kappa shape index (κ1) is 9.71. The lowest BCUT2D eigenvalue weighted by Crippen LogP contribution is -2.08. The van der Waals surface area contributed by atoms with Crippen LogP contribution in [0.15, 0.2) is 54.9 Å². The standard InChI is InChI=1S/C13H13NO/c15-11-8-13(14-9-4-5-10-14)12-6-2-1-3-7-12/h1-7,9-11,13H,8H2/t13-/m1/s1. The van der Waals surface area contributed by atoms with Gasteiger partial charge >= 0.3 is 0 Å². The molecule has 0 radical (unpaired) electrons. The number of carbonyl (C=O) groups excluding carboxylic acids is 1. The second-order valence-electron chi connectivity index (χ2n) is 3.46. The number of nitrogens with zero attached hydrogens (tertiary/aromatic N) is 1. The number of rotatable bonds is 4. The van der Waals surface area contributed by atoms with Crippen LogP contribution in [0.2, 0.25) is 0 Å². The number of aromatic nitrogens is 1. The van der Waals surface area contributed by atoms with E-state index in [1.165, 1.54) is 5.56 Å². The van der Waals surface area contributed by atoms with Crippen molar-refractivity contribution in [2.24, 2.45) is 0 Å². The summed E-state index contributed by atoms with van der Waals surface area (Å²) in [5, 5.41) is 0. The molecule has 0 unspecified atom stereocenters. The van der Waals surface area contributed by atoms with Gasteiger partial charge in [0.2, 0.25) is 0 Å². The van der Waals surface area contributed by atoms with E-state index in [9.17, 15) is 4.79 Å². The Morgan fingerprint density at radius 3 is 2.33 bits per heavy atom. The predicted octanol–water partition coefficient (Wildman–Crippen LogP) is 2.67. The van der Waals surface area contributed by atoms with Crippen molar-refractivity contribution in [3.63, 3.8) is 0 Å². The van der Waals surface area contributed by atoms with Crippen LogP contribution in [0.25, 0.3) is 0 Å². The van der Waals surface area contributed by atoms with Crippen LogP contribution in [0.4, 0.5) is 0 Å². The van der Waals surface area contributed by atoms with E-state index in [-0.39, 0.29) is 6.04 Å². The Morgan fingerprint density at radius 1 is 1.07 bits per heavy atom. The molecule has 0 aliphatic carbocycles. The first-order chi connectivity index (χ1) is 7.42. The fourth-order valence-electron chi connectivity index (χ4n) is 1.75. The quantitative estimate of drug-likeness (QED) is 0.694. The molecule has 0 saturated carbocycles.